The van der Waals surface area contributed by atoms with E-state index in [9.17, 15) is 14.7 Å². The van der Waals surface area contributed by atoms with Gasteiger partial charge in [0.25, 0.3) is 5.91 Å². The topological polar surface area (TPSA) is 66.4 Å². The summed E-state index contributed by atoms with van der Waals surface area (Å²) in [4.78, 5) is 23.4. The number of carboxylic acids is 1. The Bertz CT molecular complexity index is 658. The molecule has 22 heavy (non-hydrogen) atoms. The van der Waals surface area contributed by atoms with Crippen LogP contribution < -0.4 is 5.32 Å². The fourth-order valence-corrected chi connectivity index (χ4v) is 2.32. The lowest BCUT2D eigenvalue weighted by Crippen LogP contribution is -2.34. The predicted octanol–water partition coefficient (Wildman–Crippen LogP) is 3.01. The van der Waals surface area contributed by atoms with Gasteiger partial charge >= 0.3 is 5.97 Å². The summed E-state index contributed by atoms with van der Waals surface area (Å²) in [6.07, 6.45) is 0.360. The van der Waals surface area contributed by atoms with Gasteiger partial charge in [0, 0.05) is 6.54 Å². The van der Waals surface area contributed by atoms with Crippen molar-refractivity contribution in [2.75, 3.05) is 6.54 Å². The van der Waals surface area contributed by atoms with Gasteiger partial charge in [-0.1, -0.05) is 54.1 Å². The first-order valence-corrected chi connectivity index (χ1v) is 7.25. The molecule has 2 aromatic carbocycles. The summed E-state index contributed by atoms with van der Waals surface area (Å²) >= 11 is 5.95. The van der Waals surface area contributed by atoms with E-state index in [2.05, 4.69) is 5.32 Å². The number of benzene rings is 2. The highest BCUT2D eigenvalue weighted by Crippen LogP contribution is 2.15. The average molecular weight is 318 g/mol. The minimum atomic E-state index is -0.941. The minimum Gasteiger partial charge on any atom is -0.481 e. The third-order valence-electron chi connectivity index (χ3n) is 3.30. The first kappa shape index (κ1) is 16.0. The molecule has 0 fully saturated rings. The van der Waals surface area contributed by atoms with E-state index in [1.807, 2.05) is 30.3 Å². The highest BCUT2D eigenvalue weighted by Gasteiger charge is 2.19. The van der Waals surface area contributed by atoms with Crippen LogP contribution in [0.3, 0.4) is 0 Å². The van der Waals surface area contributed by atoms with Gasteiger partial charge in [-0.05, 0) is 24.1 Å². The van der Waals surface area contributed by atoms with Crippen LogP contribution in [0.15, 0.2) is 54.6 Å². The number of hydrogen-bond donors (Lipinski definition) is 2. The van der Waals surface area contributed by atoms with Crippen molar-refractivity contribution in [2.45, 2.75) is 6.42 Å². The maximum absolute atomic E-state index is 12.1. The molecule has 4 nitrogen and oxygen atoms in total. The van der Waals surface area contributed by atoms with Crippen molar-refractivity contribution >= 4 is 23.5 Å². The van der Waals surface area contributed by atoms with Gasteiger partial charge in [0.2, 0.25) is 0 Å². The Morgan fingerprint density at radius 1 is 1.05 bits per heavy atom. The van der Waals surface area contributed by atoms with Gasteiger partial charge in [-0.15, -0.1) is 0 Å². The number of halogens is 1. The first-order valence-electron chi connectivity index (χ1n) is 6.87. The Hall–Kier alpha value is -2.33. The molecule has 0 spiro atoms. The van der Waals surface area contributed by atoms with E-state index in [1.165, 1.54) is 0 Å². The largest absolute Gasteiger partial charge is 0.481 e. The van der Waals surface area contributed by atoms with Crippen LogP contribution in [-0.2, 0) is 11.2 Å². The summed E-state index contributed by atoms with van der Waals surface area (Å²) in [5.74, 6) is -2.00. The molecule has 1 unspecified atom stereocenters. The molecular formula is C17H16ClNO3. The number of rotatable bonds is 6. The zero-order valence-corrected chi connectivity index (χ0v) is 12.6. The monoisotopic (exact) mass is 317 g/mol. The second-order valence-electron chi connectivity index (χ2n) is 4.91. The first-order chi connectivity index (χ1) is 10.6. The zero-order valence-electron chi connectivity index (χ0n) is 11.8. The second kappa shape index (κ2) is 7.61. The van der Waals surface area contributed by atoms with Crippen LogP contribution >= 0.6 is 11.6 Å². The molecule has 0 heterocycles. The van der Waals surface area contributed by atoms with Crippen LogP contribution in [0.2, 0.25) is 5.02 Å². The smallest absolute Gasteiger partial charge is 0.308 e. The van der Waals surface area contributed by atoms with Crippen molar-refractivity contribution in [3.63, 3.8) is 0 Å². The molecule has 1 atom stereocenters. The zero-order chi connectivity index (χ0) is 15.9. The normalized spacial score (nSPS) is 11.7. The maximum Gasteiger partial charge on any atom is 0.308 e. The van der Waals surface area contributed by atoms with Gasteiger partial charge in [0.15, 0.2) is 0 Å². The van der Waals surface area contributed by atoms with Crippen LogP contribution in [0, 0.1) is 5.92 Å². The fraction of sp³-hybridized carbons (Fsp3) is 0.176. The SMILES string of the molecule is O=C(NCC(Cc1ccccc1)C(=O)O)c1ccccc1Cl. The summed E-state index contributed by atoms with van der Waals surface area (Å²) in [6.45, 7) is 0.0499. The molecule has 0 bridgehead atoms. The molecule has 114 valence electrons. The van der Waals surface area contributed by atoms with Crippen molar-refractivity contribution < 1.29 is 14.7 Å². The van der Waals surface area contributed by atoms with E-state index >= 15 is 0 Å². The van der Waals surface area contributed by atoms with E-state index in [-0.39, 0.29) is 12.5 Å². The summed E-state index contributed by atoms with van der Waals surface area (Å²) in [5.41, 5.74) is 1.26. The third kappa shape index (κ3) is 4.33. The lowest BCUT2D eigenvalue weighted by molar-refractivity contribution is -0.141. The van der Waals surface area contributed by atoms with Crippen molar-refractivity contribution in [2.24, 2.45) is 5.92 Å². The van der Waals surface area contributed by atoms with Crippen molar-refractivity contribution in [3.8, 4) is 0 Å². The number of carbonyl (C=O) groups excluding carboxylic acids is 1. The van der Waals surface area contributed by atoms with Crippen LogP contribution in [0.4, 0.5) is 0 Å². The molecule has 2 rings (SSSR count). The quantitative estimate of drug-likeness (QED) is 0.860. The Labute approximate surface area is 133 Å². The number of amides is 1. The Morgan fingerprint density at radius 2 is 1.68 bits per heavy atom. The number of aliphatic carboxylic acids is 1. The molecule has 0 aliphatic rings. The average Bonchev–Trinajstić information content (AvgIpc) is 2.52. The highest BCUT2D eigenvalue weighted by atomic mass is 35.5. The summed E-state index contributed by atoms with van der Waals surface area (Å²) in [6, 6.07) is 16.0. The van der Waals surface area contributed by atoms with E-state index in [0.717, 1.165) is 5.56 Å². The molecular weight excluding hydrogens is 302 g/mol. The van der Waals surface area contributed by atoms with Crippen molar-refractivity contribution in [3.05, 3.63) is 70.7 Å². The number of hydrogen-bond acceptors (Lipinski definition) is 2. The number of carboxylic acid groups (broad SMARTS) is 1. The summed E-state index contributed by atoms with van der Waals surface area (Å²) < 4.78 is 0. The Kier molecular flexibility index (Phi) is 5.55. The van der Waals surface area contributed by atoms with Crippen molar-refractivity contribution in [1.82, 2.24) is 5.32 Å². The summed E-state index contributed by atoms with van der Waals surface area (Å²) in [7, 11) is 0. The van der Waals surface area contributed by atoms with Crippen molar-refractivity contribution in [1.29, 1.82) is 0 Å². The molecule has 0 aromatic heterocycles. The maximum atomic E-state index is 12.1. The number of carbonyl (C=O) groups is 2. The van der Waals surface area contributed by atoms with Gasteiger partial charge in [-0.25, -0.2) is 0 Å². The van der Waals surface area contributed by atoms with Gasteiger partial charge in [-0.3, -0.25) is 9.59 Å². The van der Waals surface area contributed by atoms with Gasteiger partial charge in [0.05, 0.1) is 16.5 Å². The molecule has 1 amide bonds. The lowest BCUT2D eigenvalue weighted by atomic mass is 9.99. The van der Waals surface area contributed by atoms with Crippen LogP contribution in [0.25, 0.3) is 0 Å². The van der Waals surface area contributed by atoms with Gasteiger partial charge < -0.3 is 10.4 Å². The third-order valence-corrected chi connectivity index (χ3v) is 3.63. The standard InChI is InChI=1S/C17H16ClNO3/c18-15-9-5-4-8-14(15)16(20)19-11-13(17(21)22)10-12-6-2-1-3-7-12/h1-9,13H,10-11H2,(H,19,20)(H,21,22). The fourth-order valence-electron chi connectivity index (χ4n) is 2.10. The van der Waals surface area contributed by atoms with Crippen LogP contribution in [-0.4, -0.2) is 23.5 Å². The van der Waals surface area contributed by atoms with Crippen LogP contribution in [0.1, 0.15) is 15.9 Å². The Morgan fingerprint density at radius 3 is 2.32 bits per heavy atom. The molecule has 0 aliphatic heterocycles. The number of nitrogens with one attached hydrogen (secondary N) is 1. The highest BCUT2D eigenvalue weighted by molar-refractivity contribution is 6.33. The van der Waals surface area contributed by atoms with Gasteiger partial charge in [-0.2, -0.15) is 0 Å². The predicted molar refractivity (Wildman–Crippen MR) is 85.1 cm³/mol. The van der Waals surface area contributed by atoms with Crippen LogP contribution in [0.5, 0.6) is 0 Å². The molecule has 0 saturated heterocycles. The van der Waals surface area contributed by atoms with Gasteiger partial charge in [0.1, 0.15) is 0 Å². The van der Waals surface area contributed by atoms with E-state index in [4.69, 9.17) is 11.6 Å². The van der Waals surface area contributed by atoms with E-state index in [0.29, 0.717) is 17.0 Å². The molecule has 2 N–H and O–H groups in total. The van der Waals surface area contributed by atoms with E-state index < -0.39 is 11.9 Å². The molecule has 0 saturated carbocycles. The molecule has 5 heteroatoms. The molecule has 0 radical (unpaired) electrons. The Balaban J connectivity index is 1.99. The minimum absolute atomic E-state index is 0.0499. The molecule has 2 aromatic rings. The molecule has 0 aliphatic carbocycles. The lowest BCUT2D eigenvalue weighted by Gasteiger charge is -2.14. The van der Waals surface area contributed by atoms with E-state index in [1.54, 1.807) is 24.3 Å². The second-order valence-corrected chi connectivity index (χ2v) is 5.32. The summed E-state index contributed by atoms with van der Waals surface area (Å²) in [5, 5.41) is 12.3.